The van der Waals surface area contributed by atoms with Gasteiger partial charge in [0, 0.05) is 44.1 Å². The molecule has 9 nitrogen and oxygen atoms in total. The minimum absolute atomic E-state index is 0.566. The third kappa shape index (κ3) is 4.11. The third-order valence-electron chi connectivity index (χ3n) is 8.91. The summed E-state index contributed by atoms with van der Waals surface area (Å²) in [6.07, 6.45) is 0. The molecule has 10 rings (SSSR count). The number of fused-ring (bicyclic) bond motifs is 20. The number of hydrogen-bond donors (Lipinski definition) is 3. The van der Waals surface area contributed by atoms with Gasteiger partial charge in [0.15, 0.2) is 23.3 Å². The van der Waals surface area contributed by atoms with Crippen LogP contribution in [-0.4, -0.2) is 39.9 Å². The average Bonchev–Trinajstić information content (AvgIpc) is 3.85. The maximum atomic E-state index is 5.19. The Morgan fingerprint density at radius 3 is 1.40 bits per heavy atom. The van der Waals surface area contributed by atoms with Gasteiger partial charge in [0.2, 0.25) is 0 Å². The Kier molecular flexibility index (Phi) is 5.59. The van der Waals surface area contributed by atoms with E-state index in [1.807, 2.05) is 78.9 Å². The van der Waals surface area contributed by atoms with Gasteiger partial charge in [0.1, 0.15) is 22.6 Å². The van der Waals surface area contributed by atoms with Crippen molar-refractivity contribution in [2.24, 2.45) is 0 Å². The first-order valence-electron chi connectivity index (χ1n) is 15.7. The zero-order chi connectivity index (χ0) is 31.8. The summed E-state index contributed by atoms with van der Waals surface area (Å²) in [6, 6.07) is 38.7. The minimum Gasteiger partial charge on any atom is -0.355 e. The number of benzene rings is 5. The number of rotatable bonds is 2. The van der Waals surface area contributed by atoms with Crippen LogP contribution in [0.5, 0.6) is 0 Å². The standard InChI is InChI=1S/C39H25N9/c1-21-17-19-22(20-18-21)40-30-16-8-15-29-31(30)39-47-37-28-14-7-6-13-27(28)35(45-37)43-33-24-10-3-2-9-23(24)32(41-33)42-34-25-11-4-5-12-26(25)36(44-34)46-38(29)48-39/h2-20,40H,1H3,(H2,41,42,43,44,45,46,47,48). The fourth-order valence-electron chi connectivity index (χ4n) is 6.59. The number of aryl methyl sites for hydroxylation is 1. The molecule has 0 radical (unpaired) electrons. The van der Waals surface area contributed by atoms with Crippen LogP contribution in [0.15, 0.2) is 115 Å². The molecule has 0 saturated carbocycles. The van der Waals surface area contributed by atoms with Crippen LogP contribution in [-0.2, 0) is 0 Å². The van der Waals surface area contributed by atoms with E-state index in [0.717, 1.165) is 55.2 Å². The van der Waals surface area contributed by atoms with E-state index in [9.17, 15) is 0 Å². The smallest absolute Gasteiger partial charge is 0.164 e. The van der Waals surface area contributed by atoms with E-state index in [-0.39, 0.29) is 0 Å². The second-order valence-corrected chi connectivity index (χ2v) is 12.0. The molecule has 0 aliphatic carbocycles. The lowest BCUT2D eigenvalue weighted by molar-refractivity contribution is 1.19. The molecular weight excluding hydrogens is 594 g/mol. The average molecular weight is 620 g/mol. The summed E-state index contributed by atoms with van der Waals surface area (Å²) in [5.41, 5.74) is 9.31. The van der Waals surface area contributed by atoms with Crippen LogP contribution < -0.4 is 5.32 Å². The first kappa shape index (κ1) is 26.5. The predicted molar refractivity (Wildman–Crippen MR) is 191 cm³/mol. The van der Waals surface area contributed by atoms with Gasteiger partial charge in [0.25, 0.3) is 0 Å². The number of hydrogen-bond acceptors (Lipinski definition) is 7. The van der Waals surface area contributed by atoms with E-state index < -0.39 is 0 Å². The number of aromatic amines is 2. The molecule has 0 spiro atoms. The molecule has 0 amide bonds. The Balaban J connectivity index is 1.36. The molecule has 2 aliphatic heterocycles. The molecule has 0 unspecified atom stereocenters. The van der Waals surface area contributed by atoms with Crippen LogP contribution in [0.4, 0.5) is 11.4 Å². The van der Waals surface area contributed by atoms with Crippen molar-refractivity contribution in [1.29, 1.82) is 0 Å². The van der Waals surface area contributed by atoms with Gasteiger partial charge < -0.3 is 15.3 Å². The fraction of sp³-hybridized carbons (Fsp3) is 0.0256. The Morgan fingerprint density at radius 2 is 0.854 bits per heavy atom. The number of nitrogens with one attached hydrogen (secondary N) is 3. The zero-order valence-electron chi connectivity index (χ0n) is 25.7. The monoisotopic (exact) mass is 619 g/mol. The summed E-state index contributed by atoms with van der Waals surface area (Å²) >= 11 is 0. The molecule has 0 atom stereocenters. The molecule has 0 fully saturated rings. The third-order valence-corrected chi connectivity index (χ3v) is 8.91. The van der Waals surface area contributed by atoms with Crippen LogP contribution in [0.25, 0.3) is 89.7 Å². The molecule has 226 valence electrons. The van der Waals surface area contributed by atoms with Crippen molar-refractivity contribution in [2.45, 2.75) is 6.92 Å². The highest BCUT2D eigenvalue weighted by Crippen LogP contribution is 2.38. The maximum absolute atomic E-state index is 5.19. The normalized spacial score (nSPS) is 11.9. The number of nitrogens with zero attached hydrogens (tertiary/aromatic N) is 6. The summed E-state index contributed by atoms with van der Waals surface area (Å²) in [5, 5.41) is 7.30. The van der Waals surface area contributed by atoms with E-state index in [0.29, 0.717) is 45.9 Å². The van der Waals surface area contributed by atoms with E-state index in [4.69, 9.17) is 29.9 Å². The predicted octanol–water partition coefficient (Wildman–Crippen LogP) is 8.92. The number of anilines is 2. The summed E-state index contributed by atoms with van der Waals surface area (Å²) in [7, 11) is 0. The van der Waals surface area contributed by atoms with Gasteiger partial charge in [-0.25, -0.2) is 29.9 Å². The highest BCUT2D eigenvalue weighted by Gasteiger charge is 2.22. The van der Waals surface area contributed by atoms with Gasteiger partial charge in [-0.1, -0.05) is 103 Å². The SMILES string of the molecule is Cc1ccc(Nc2cccc3c4nc5nc(nc6[nH]c(nc7nc(nc([nH]4)c23)-c2ccccc2-7)c2ccccc62)-c2ccccc2-5)cc1. The molecule has 48 heavy (non-hydrogen) atoms. The van der Waals surface area contributed by atoms with Gasteiger partial charge >= 0.3 is 0 Å². The lowest BCUT2D eigenvalue weighted by Crippen LogP contribution is -1.91. The highest BCUT2D eigenvalue weighted by molar-refractivity contribution is 6.12. The zero-order valence-corrected chi connectivity index (χ0v) is 25.7. The minimum atomic E-state index is 0.566. The van der Waals surface area contributed by atoms with Gasteiger partial charge in [0.05, 0.1) is 11.1 Å². The number of aromatic nitrogens is 8. The molecule has 8 bridgehead atoms. The van der Waals surface area contributed by atoms with E-state index in [1.54, 1.807) is 0 Å². The topological polar surface area (TPSA) is 121 Å². The van der Waals surface area contributed by atoms with Gasteiger partial charge in [-0.3, -0.25) is 0 Å². The second-order valence-electron chi connectivity index (χ2n) is 12.0. The van der Waals surface area contributed by atoms with Crippen molar-refractivity contribution in [3.8, 4) is 45.6 Å². The van der Waals surface area contributed by atoms with E-state index >= 15 is 0 Å². The summed E-state index contributed by atoms with van der Waals surface area (Å²) in [6.45, 7) is 2.08. The molecule has 2 aliphatic rings. The van der Waals surface area contributed by atoms with Crippen molar-refractivity contribution in [2.75, 3.05) is 5.32 Å². The lowest BCUT2D eigenvalue weighted by Gasteiger charge is -2.08. The first-order valence-corrected chi connectivity index (χ1v) is 15.7. The van der Waals surface area contributed by atoms with Crippen molar-refractivity contribution in [3.05, 3.63) is 121 Å². The van der Waals surface area contributed by atoms with E-state index in [2.05, 4.69) is 58.6 Å². The Labute approximate surface area is 273 Å². The van der Waals surface area contributed by atoms with Crippen molar-refractivity contribution in [1.82, 2.24) is 39.9 Å². The van der Waals surface area contributed by atoms with Crippen LogP contribution in [0.2, 0.25) is 0 Å². The molecule has 5 aromatic carbocycles. The van der Waals surface area contributed by atoms with E-state index in [1.165, 1.54) is 5.56 Å². The quantitative estimate of drug-likeness (QED) is 0.177. The number of H-pyrrole nitrogens is 2. The van der Waals surface area contributed by atoms with Crippen molar-refractivity contribution >= 4 is 55.5 Å². The van der Waals surface area contributed by atoms with Gasteiger partial charge in [-0.2, -0.15) is 0 Å². The molecule has 9 heteroatoms. The van der Waals surface area contributed by atoms with Crippen LogP contribution in [0.1, 0.15) is 5.56 Å². The van der Waals surface area contributed by atoms with Crippen LogP contribution in [0, 0.1) is 6.92 Å². The Hall–Kier alpha value is -6.74. The largest absolute Gasteiger partial charge is 0.355 e. The first-order chi connectivity index (χ1) is 23.7. The fourth-order valence-corrected chi connectivity index (χ4v) is 6.59. The van der Waals surface area contributed by atoms with Crippen LogP contribution in [0.3, 0.4) is 0 Å². The molecule has 3 aromatic heterocycles. The lowest BCUT2D eigenvalue weighted by atomic mass is 10.1. The molecule has 3 N–H and O–H groups in total. The van der Waals surface area contributed by atoms with Crippen molar-refractivity contribution in [3.63, 3.8) is 0 Å². The summed E-state index contributed by atoms with van der Waals surface area (Å²) < 4.78 is 0. The molecular formula is C39H25N9. The van der Waals surface area contributed by atoms with Crippen molar-refractivity contribution < 1.29 is 0 Å². The molecule has 0 saturated heterocycles. The Morgan fingerprint density at radius 1 is 0.417 bits per heavy atom. The summed E-state index contributed by atoms with van der Waals surface area (Å²) in [5.74, 6) is 2.30. The maximum Gasteiger partial charge on any atom is 0.164 e. The second kappa shape index (κ2) is 10.1. The summed E-state index contributed by atoms with van der Waals surface area (Å²) in [4.78, 5) is 37.5. The highest BCUT2D eigenvalue weighted by atomic mass is 15.1. The van der Waals surface area contributed by atoms with Crippen LogP contribution >= 0.6 is 0 Å². The van der Waals surface area contributed by atoms with Gasteiger partial charge in [-0.05, 0) is 25.1 Å². The van der Waals surface area contributed by atoms with Gasteiger partial charge in [-0.15, -0.1) is 0 Å². The molecule has 8 aromatic rings. The Bertz CT molecular complexity index is 2770. The molecule has 5 heterocycles.